The van der Waals surface area contributed by atoms with Gasteiger partial charge in [-0.05, 0) is 109 Å². The fourth-order valence-corrected chi connectivity index (χ4v) is 7.86. The molecule has 0 aliphatic carbocycles. The summed E-state index contributed by atoms with van der Waals surface area (Å²) in [5.41, 5.74) is 0. The Bertz CT molecular complexity index is 1460. The maximum Gasteiger partial charge on any atom is 0.306 e. The van der Waals surface area contributed by atoms with E-state index in [9.17, 15) is 14.4 Å². The molecule has 6 heteroatoms. The molecule has 6 nitrogen and oxygen atoms in total. The lowest BCUT2D eigenvalue weighted by Gasteiger charge is -2.18. The van der Waals surface area contributed by atoms with Crippen molar-refractivity contribution in [1.82, 2.24) is 0 Å². The first-order valence-corrected chi connectivity index (χ1v) is 29.4. The maximum absolute atomic E-state index is 12.8. The Labute approximate surface area is 438 Å². The molecule has 0 aromatic rings. The van der Waals surface area contributed by atoms with Crippen molar-refractivity contribution in [3.63, 3.8) is 0 Å². The van der Waals surface area contributed by atoms with Crippen molar-refractivity contribution in [2.75, 3.05) is 13.2 Å². The van der Waals surface area contributed by atoms with Gasteiger partial charge in [-0.2, -0.15) is 0 Å². The van der Waals surface area contributed by atoms with E-state index >= 15 is 0 Å². The first-order chi connectivity index (χ1) is 35.0. The summed E-state index contributed by atoms with van der Waals surface area (Å²) in [7, 11) is 0. The number of unbranched alkanes of at least 4 members (excludes halogenated alkanes) is 23. The molecule has 0 aromatic carbocycles. The smallest absolute Gasteiger partial charge is 0.306 e. The molecular weight excluding hydrogens is 877 g/mol. The van der Waals surface area contributed by atoms with Crippen LogP contribution in [0.1, 0.15) is 265 Å². The molecule has 0 heterocycles. The third kappa shape index (κ3) is 56.9. The maximum atomic E-state index is 12.8. The van der Waals surface area contributed by atoms with Gasteiger partial charge in [0.2, 0.25) is 0 Å². The molecule has 71 heavy (non-hydrogen) atoms. The highest BCUT2D eigenvalue weighted by Gasteiger charge is 2.19. The lowest BCUT2D eigenvalue weighted by Crippen LogP contribution is -2.30. The molecule has 0 spiro atoms. The predicted molar refractivity (Wildman–Crippen MR) is 307 cm³/mol. The topological polar surface area (TPSA) is 78.9 Å². The summed E-state index contributed by atoms with van der Waals surface area (Å²) in [5, 5.41) is 0. The Morgan fingerprint density at radius 1 is 0.296 bits per heavy atom. The number of allylic oxidation sites excluding steroid dienone is 18. The van der Waals surface area contributed by atoms with E-state index in [4.69, 9.17) is 14.2 Å². The quantitative estimate of drug-likeness (QED) is 0.0261. The van der Waals surface area contributed by atoms with Crippen LogP contribution in [0.2, 0.25) is 0 Å². The van der Waals surface area contributed by atoms with Crippen molar-refractivity contribution in [3.05, 3.63) is 109 Å². The number of ether oxygens (including phenoxy) is 3. The molecule has 404 valence electrons. The van der Waals surface area contributed by atoms with Crippen LogP contribution >= 0.6 is 0 Å². The molecule has 0 radical (unpaired) electrons. The van der Waals surface area contributed by atoms with Gasteiger partial charge in [-0.25, -0.2) is 0 Å². The van der Waals surface area contributed by atoms with Crippen molar-refractivity contribution >= 4 is 17.9 Å². The largest absolute Gasteiger partial charge is 0.462 e. The molecule has 0 amide bonds. The zero-order valence-electron chi connectivity index (χ0n) is 46.2. The Morgan fingerprint density at radius 2 is 0.549 bits per heavy atom. The zero-order valence-corrected chi connectivity index (χ0v) is 46.2. The number of carbonyl (C=O) groups excluding carboxylic acids is 3. The molecular formula is C65H108O6. The summed E-state index contributed by atoms with van der Waals surface area (Å²) in [6, 6.07) is 0. The van der Waals surface area contributed by atoms with Crippen molar-refractivity contribution in [2.45, 2.75) is 271 Å². The summed E-state index contributed by atoms with van der Waals surface area (Å²) < 4.78 is 16.8. The Balaban J connectivity index is 4.29. The highest BCUT2D eigenvalue weighted by atomic mass is 16.6. The molecule has 0 aliphatic heterocycles. The molecule has 0 saturated heterocycles. The van der Waals surface area contributed by atoms with Gasteiger partial charge in [-0.15, -0.1) is 0 Å². The predicted octanol–water partition coefficient (Wildman–Crippen LogP) is 19.9. The van der Waals surface area contributed by atoms with Gasteiger partial charge >= 0.3 is 17.9 Å². The van der Waals surface area contributed by atoms with Crippen LogP contribution in [0.3, 0.4) is 0 Å². The number of esters is 3. The minimum Gasteiger partial charge on any atom is -0.462 e. The van der Waals surface area contributed by atoms with E-state index in [1.165, 1.54) is 109 Å². The Kier molecular flexibility index (Phi) is 55.4. The third-order valence-corrected chi connectivity index (χ3v) is 12.3. The highest BCUT2D eigenvalue weighted by Crippen LogP contribution is 2.14. The molecule has 0 N–H and O–H groups in total. The number of rotatable bonds is 52. The minimum absolute atomic E-state index is 0.0911. The van der Waals surface area contributed by atoms with Crippen LogP contribution in [-0.2, 0) is 28.6 Å². The van der Waals surface area contributed by atoms with E-state index in [0.29, 0.717) is 19.3 Å². The van der Waals surface area contributed by atoms with Gasteiger partial charge < -0.3 is 14.2 Å². The summed E-state index contributed by atoms with van der Waals surface area (Å²) in [4.78, 5) is 38.0. The van der Waals surface area contributed by atoms with E-state index < -0.39 is 6.10 Å². The molecule has 0 aromatic heterocycles. The summed E-state index contributed by atoms with van der Waals surface area (Å²) >= 11 is 0. The molecule has 0 fully saturated rings. The standard InChI is InChI=1S/C65H108O6/c1-4-7-10-13-16-18-20-22-24-26-28-30-31-32-33-35-36-38-40-42-44-46-49-52-55-58-64(67)70-61-62(60-69-63(66)57-54-51-48-15-12-9-6-3)71-65(68)59-56-53-50-47-45-43-41-39-37-34-29-27-25-23-21-19-17-14-11-8-5-2/h7,10,16,18,21-24,27-30,32-33,36,38,42,44,62H,4-6,8-9,11-15,17,19-20,25-26,31,34-35,37,39-41,43,45-61H2,1-3H3/b10-7-,18-16-,23-21-,24-22-,29-27-,30-28-,33-32-,38-36-,44-42-. The van der Waals surface area contributed by atoms with Gasteiger partial charge in [0, 0.05) is 19.3 Å². The van der Waals surface area contributed by atoms with Gasteiger partial charge in [-0.3, -0.25) is 14.4 Å². The van der Waals surface area contributed by atoms with Gasteiger partial charge in [0.05, 0.1) is 0 Å². The van der Waals surface area contributed by atoms with Gasteiger partial charge in [0.1, 0.15) is 13.2 Å². The van der Waals surface area contributed by atoms with E-state index in [1.54, 1.807) is 0 Å². The van der Waals surface area contributed by atoms with Crippen molar-refractivity contribution in [2.24, 2.45) is 0 Å². The normalized spacial score (nSPS) is 12.9. The van der Waals surface area contributed by atoms with E-state index in [-0.39, 0.29) is 31.1 Å². The summed E-state index contributed by atoms with van der Waals surface area (Å²) in [5.74, 6) is -0.936. The van der Waals surface area contributed by atoms with Crippen LogP contribution in [-0.4, -0.2) is 37.2 Å². The highest BCUT2D eigenvalue weighted by molar-refractivity contribution is 5.71. The third-order valence-electron chi connectivity index (χ3n) is 12.3. The SMILES string of the molecule is CC/C=C\C/C=C\C/C=C\C/C=C\C/C=C\C/C=C\C/C=C\CCCCCC(=O)OCC(COC(=O)CCCCCCCCC)OC(=O)CCCCCCCCCCC/C=C\C/C=C\CCCCCCC. The number of hydrogen-bond acceptors (Lipinski definition) is 6. The summed E-state index contributed by atoms with van der Waals surface area (Å²) in [6.45, 7) is 6.44. The molecule has 0 rings (SSSR count). The second-order valence-electron chi connectivity index (χ2n) is 19.2. The average molecular weight is 986 g/mol. The molecule has 1 unspecified atom stereocenters. The van der Waals surface area contributed by atoms with Crippen molar-refractivity contribution < 1.29 is 28.6 Å². The van der Waals surface area contributed by atoms with Gasteiger partial charge in [-0.1, -0.05) is 246 Å². The van der Waals surface area contributed by atoms with E-state index in [0.717, 1.165) is 116 Å². The van der Waals surface area contributed by atoms with Crippen LogP contribution < -0.4 is 0 Å². The van der Waals surface area contributed by atoms with Crippen LogP contribution in [0.5, 0.6) is 0 Å². The number of carbonyl (C=O) groups is 3. The van der Waals surface area contributed by atoms with Gasteiger partial charge in [0.15, 0.2) is 6.10 Å². The lowest BCUT2D eigenvalue weighted by molar-refractivity contribution is -0.167. The van der Waals surface area contributed by atoms with Gasteiger partial charge in [0.25, 0.3) is 0 Å². The van der Waals surface area contributed by atoms with Crippen LogP contribution in [0.15, 0.2) is 109 Å². The number of hydrogen-bond donors (Lipinski definition) is 0. The fraction of sp³-hybridized carbons (Fsp3) is 0.677. The molecule has 1 atom stereocenters. The Hall–Kier alpha value is -3.93. The monoisotopic (exact) mass is 985 g/mol. The Morgan fingerprint density at radius 3 is 0.873 bits per heavy atom. The van der Waals surface area contributed by atoms with Crippen molar-refractivity contribution in [1.29, 1.82) is 0 Å². The van der Waals surface area contributed by atoms with Crippen molar-refractivity contribution in [3.8, 4) is 0 Å². The minimum atomic E-state index is -0.794. The molecule has 0 bridgehead atoms. The van der Waals surface area contributed by atoms with Crippen LogP contribution in [0, 0.1) is 0 Å². The second kappa shape index (κ2) is 58.6. The molecule has 0 saturated carbocycles. The van der Waals surface area contributed by atoms with Crippen LogP contribution in [0.4, 0.5) is 0 Å². The first kappa shape index (κ1) is 67.1. The summed E-state index contributed by atoms with van der Waals surface area (Å²) in [6.07, 6.45) is 79.6. The van der Waals surface area contributed by atoms with Crippen LogP contribution in [0.25, 0.3) is 0 Å². The lowest BCUT2D eigenvalue weighted by atomic mass is 10.1. The van der Waals surface area contributed by atoms with E-state index in [2.05, 4.69) is 130 Å². The zero-order chi connectivity index (χ0) is 51.4. The fourth-order valence-electron chi connectivity index (χ4n) is 7.86. The average Bonchev–Trinajstić information content (AvgIpc) is 3.37. The second-order valence-corrected chi connectivity index (χ2v) is 19.2. The first-order valence-electron chi connectivity index (χ1n) is 29.4. The molecule has 0 aliphatic rings. The van der Waals surface area contributed by atoms with E-state index in [1.807, 2.05) is 0 Å².